The molecule has 0 saturated carbocycles. The van der Waals surface area contributed by atoms with Crippen molar-refractivity contribution in [1.29, 1.82) is 0 Å². The SMILES string of the molecule is COc1ccc2c(-c3c(C)ccc4ccccc34)c(C)ccc2c1. The van der Waals surface area contributed by atoms with E-state index in [2.05, 4.69) is 74.5 Å². The second-order valence-electron chi connectivity index (χ2n) is 6.32. The molecule has 0 spiro atoms. The summed E-state index contributed by atoms with van der Waals surface area (Å²) in [5.74, 6) is 0.895. The van der Waals surface area contributed by atoms with Crippen LogP contribution in [0.5, 0.6) is 5.75 Å². The van der Waals surface area contributed by atoms with Crippen molar-refractivity contribution >= 4 is 21.5 Å². The summed E-state index contributed by atoms with van der Waals surface area (Å²) in [4.78, 5) is 0. The van der Waals surface area contributed by atoms with Crippen molar-refractivity contribution in [3.05, 3.63) is 77.9 Å². The highest BCUT2D eigenvalue weighted by atomic mass is 16.5. The first-order chi connectivity index (χ1) is 11.7. The van der Waals surface area contributed by atoms with Gasteiger partial charge in [-0.25, -0.2) is 0 Å². The van der Waals surface area contributed by atoms with Gasteiger partial charge < -0.3 is 4.74 Å². The van der Waals surface area contributed by atoms with Crippen LogP contribution in [0, 0.1) is 13.8 Å². The third kappa shape index (κ3) is 2.25. The Morgan fingerprint density at radius 3 is 1.96 bits per heavy atom. The molecule has 4 aromatic rings. The first-order valence-electron chi connectivity index (χ1n) is 8.25. The van der Waals surface area contributed by atoms with Gasteiger partial charge in [0.1, 0.15) is 5.75 Å². The molecule has 1 nitrogen and oxygen atoms in total. The lowest BCUT2D eigenvalue weighted by atomic mass is 9.88. The molecule has 0 saturated heterocycles. The lowest BCUT2D eigenvalue weighted by Gasteiger charge is -2.16. The van der Waals surface area contributed by atoms with Crippen LogP contribution in [0.4, 0.5) is 0 Å². The largest absolute Gasteiger partial charge is 0.497 e. The molecule has 0 bridgehead atoms. The fraction of sp³-hybridized carbons (Fsp3) is 0.130. The van der Waals surface area contributed by atoms with Gasteiger partial charge in [-0.1, -0.05) is 54.6 Å². The molecule has 1 heteroatoms. The van der Waals surface area contributed by atoms with E-state index in [0.29, 0.717) is 0 Å². The van der Waals surface area contributed by atoms with Crippen LogP contribution in [-0.2, 0) is 0 Å². The molecular weight excluding hydrogens is 292 g/mol. The average molecular weight is 312 g/mol. The summed E-state index contributed by atoms with van der Waals surface area (Å²) < 4.78 is 5.39. The molecule has 4 rings (SSSR count). The smallest absolute Gasteiger partial charge is 0.119 e. The highest BCUT2D eigenvalue weighted by molar-refractivity contribution is 6.07. The maximum absolute atomic E-state index is 5.39. The number of benzene rings is 4. The van der Waals surface area contributed by atoms with Crippen LogP contribution in [0.3, 0.4) is 0 Å². The highest BCUT2D eigenvalue weighted by Crippen LogP contribution is 2.39. The van der Waals surface area contributed by atoms with Crippen molar-refractivity contribution in [1.82, 2.24) is 0 Å². The van der Waals surface area contributed by atoms with E-state index < -0.39 is 0 Å². The van der Waals surface area contributed by atoms with Crippen LogP contribution < -0.4 is 4.74 Å². The average Bonchev–Trinajstić information content (AvgIpc) is 2.62. The summed E-state index contributed by atoms with van der Waals surface area (Å²) >= 11 is 0. The molecule has 0 atom stereocenters. The van der Waals surface area contributed by atoms with Gasteiger partial charge in [0.05, 0.1) is 7.11 Å². The zero-order chi connectivity index (χ0) is 16.7. The Morgan fingerprint density at radius 2 is 1.25 bits per heavy atom. The first-order valence-corrected chi connectivity index (χ1v) is 8.25. The lowest BCUT2D eigenvalue weighted by Crippen LogP contribution is -1.92. The molecule has 0 aromatic heterocycles. The summed E-state index contributed by atoms with van der Waals surface area (Å²) in [5.41, 5.74) is 5.26. The maximum Gasteiger partial charge on any atom is 0.119 e. The minimum absolute atomic E-state index is 0.895. The van der Waals surface area contributed by atoms with Crippen molar-refractivity contribution in [3.63, 3.8) is 0 Å². The van der Waals surface area contributed by atoms with Crippen LogP contribution in [0.25, 0.3) is 32.7 Å². The summed E-state index contributed by atoms with van der Waals surface area (Å²) in [6.07, 6.45) is 0. The Balaban J connectivity index is 2.14. The molecule has 0 fully saturated rings. The fourth-order valence-electron chi connectivity index (χ4n) is 3.59. The molecule has 0 aliphatic carbocycles. The molecule has 0 N–H and O–H groups in total. The molecule has 0 amide bonds. The Bertz CT molecular complexity index is 1060. The van der Waals surface area contributed by atoms with Crippen molar-refractivity contribution < 1.29 is 4.74 Å². The molecule has 0 aliphatic rings. The third-order valence-electron chi connectivity index (χ3n) is 4.82. The van der Waals surface area contributed by atoms with Gasteiger partial charge in [-0.15, -0.1) is 0 Å². The highest BCUT2D eigenvalue weighted by Gasteiger charge is 2.13. The number of rotatable bonds is 2. The Labute approximate surface area is 142 Å². The quantitative estimate of drug-likeness (QED) is 0.423. The van der Waals surface area contributed by atoms with E-state index in [1.807, 2.05) is 6.07 Å². The molecule has 4 aromatic carbocycles. The van der Waals surface area contributed by atoms with Gasteiger partial charge in [0.2, 0.25) is 0 Å². The van der Waals surface area contributed by atoms with Crippen molar-refractivity contribution in [2.45, 2.75) is 13.8 Å². The third-order valence-corrected chi connectivity index (χ3v) is 4.82. The number of fused-ring (bicyclic) bond motifs is 2. The van der Waals surface area contributed by atoms with Gasteiger partial charge in [-0.3, -0.25) is 0 Å². The minimum atomic E-state index is 0.895. The zero-order valence-electron chi connectivity index (χ0n) is 14.3. The molecule has 0 unspecified atom stereocenters. The standard InChI is InChI=1S/C23H20O/c1-15-8-10-17-6-4-5-7-20(17)22(15)23-16(2)9-11-18-14-19(24-3)12-13-21(18)23/h4-14H,1-3H3. The first kappa shape index (κ1) is 14.8. The van der Waals surface area contributed by atoms with Gasteiger partial charge in [0.15, 0.2) is 0 Å². The van der Waals surface area contributed by atoms with Gasteiger partial charge in [-0.05, 0) is 69.8 Å². The van der Waals surface area contributed by atoms with Crippen molar-refractivity contribution in [3.8, 4) is 16.9 Å². The van der Waals surface area contributed by atoms with Crippen LogP contribution >= 0.6 is 0 Å². The topological polar surface area (TPSA) is 9.23 Å². The van der Waals surface area contributed by atoms with Crippen LogP contribution in [0.2, 0.25) is 0 Å². The molecular formula is C23H20O. The van der Waals surface area contributed by atoms with E-state index in [4.69, 9.17) is 4.74 Å². The fourth-order valence-corrected chi connectivity index (χ4v) is 3.59. The molecule has 0 aliphatic heterocycles. The molecule has 0 heterocycles. The van der Waals surface area contributed by atoms with Gasteiger partial charge in [0, 0.05) is 0 Å². The Morgan fingerprint density at radius 1 is 0.625 bits per heavy atom. The molecule has 24 heavy (non-hydrogen) atoms. The van der Waals surface area contributed by atoms with Crippen LogP contribution in [0.1, 0.15) is 11.1 Å². The summed E-state index contributed by atoms with van der Waals surface area (Å²) in [6, 6.07) is 23.8. The number of hydrogen-bond acceptors (Lipinski definition) is 1. The monoisotopic (exact) mass is 312 g/mol. The van der Waals surface area contributed by atoms with Crippen molar-refractivity contribution in [2.24, 2.45) is 0 Å². The van der Waals surface area contributed by atoms with Crippen LogP contribution in [-0.4, -0.2) is 7.11 Å². The number of methoxy groups -OCH3 is 1. The number of hydrogen-bond donors (Lipinski definition) is 0. The van der Waals surface area contributed by atoms with E-state index in [1.165, 1.54) is 43.8 Å². The van der Waals surface area contributed by atoms with E-state index in [-0.39, 0.29) is 0 Å². The Hall–Kier alpha value is -2.80. The summed E-state index contributed by atoms with van der Waals surface area (Å²) in [5, 5.41) is 5.07. The molecule has 0 radical (unpaired) electrons. The zero-order valence-corrected chi connectivity index (χ0v) is 14.3. The second-order valence-corrected chi connectivity index (χ2v) is 6.32. The molecule has 118 valence electrons. The van der Waals surface area contributed by atoms with Crippen molar-refractivity contribution in [2.75, 3.05) is 7.11 Å². The van der Waals surface area contributed by atoms with Crippen LogP contribution in [0.15, 0.2) is 66.7 Å². The number of aryl methyl sites for hydroxylation is 2. The minimum Gasteiger partial charge on any atom is -0.497 e. The summed E-state index contributed by atoms with van der Waals surface area (Å²) in [7, 11) is 1.71. The van der Waals surface area contributed by atoms with E-state index in [0.717, 1.165) is 5.75 Å². The Kier molecular flexibility index (Phi) is 3.50. The predicted molar refractivity (Wildman–Crippen MR) is 103 cm³/mol. The van der Waals surface area contributed by atoms with E-state index in [9.17, 15) is 0 Å². The second kappa shape index (κ2) is 5.68. The normalized spacial score (nSPS) is 11.1. The number of ether oxygens (including phenoxy) is 1. The van der Waals surface area contributed by atoms with E-state index in [1.54, 1.807) is 7.11 Å². The van der Waals surface area contributed by atoms with Gasteiger partial charge >= 0.3 is 0 Å². The van der Waals surface area contributed by atoms with E-state index >= 15 is 0 Å². The summed E-state index contributed by atoms with van der Waals surface area (Å²) in [6.45, 7) is 4.39. The van der Waals surface area contributed by atoms with Gasteiger partial charge in [-0.2, -0.15) is 0 Å². The maximum atomic E-state index is 5.39. The lowest BCUT2D eigenvalue weighted by molar-refractivity contribution is 0.415. The predicted octanol–water partition coefficient (Wildman–Crippen LogP) is 6.29. The van der Waals surface area contributed by atoms with Gasteiger partial charge in [0.25, 0.3) is 0 Å².